The number of unbranched alkanes of at least 4 members (excludes halogenated alkanes) is 34. The van der Waals surface area contributed by atoms with Gasteiger partial charge in [0.25, 0.3) is 0 Å². The van der Waals surface area contributed by atoms with Crippen LogP contribution in [-0.2, 0) is 28.6 Å². The molecule has 0 amide bonds. The Morgan fingerprint density at radius 1 is 0.256 bits per heavy atom. The lowest BCUT2D eigenvalue weighted by atomic mass is 10.0. The molecule has 0 aromatic carbocycles. The molecular weight excluding hydrogens is 1010 g/mol. The number of rotatable bonds is 63. The predicted octanol–water partition coefficient (Wildman–Crippen LogP) is 24.2. The van der Waals surface area contributed by atoms with Gasteiger partial charge in [-0.3, -0.25) is 14.4 Å². The van der Waals surface area contributed by atoms with Crippen LogP contribution in [0.5, 0.6) is 0 Å². The molecule has 1 atom stereocenters. The van der Waals surface area contributed by atoms with Crippen LogP contribution in [0.2, 0.25) is 0 Å². The second-order valence-corrected chi connectivity index (χ2v) is 23.0. The Morgan fingerprint density at radius 3 is 0.744 bits per heavy atom. The molecule has 470 valence electrons. The van der Waals surface area contributed by atoms with E-state index in [9.17, 15) is 14.4 Å². The Hall–Kier alpha value is -3.93. The Labute approximate surface area is 508 Å². The fourth-order valence-corrected chi connectivity index (χ4v) is 9.88. The highest BCUT2D eigenvalue weighted by Crippen LogP contribution is 2.17. The van der Waals surface area contributed by atoms with Crippen molar-refractivity contribution in [3.05, 3.63) is 109 Å². The summed E-state index contributed by atoms with van der Waals surface area (Å²) in [4.78, 5) is 38.2. The van der Waals surface area contributed by atoms with Gasteiger partial charge >= 0.3 is 17.9 Å². The van der Waals surface area contributed by atoms with Crippen molar-refractivity contribution in [3.8, 4) is 0 Å². The molecule has 1 unspecified atom stereocenters. The third kappa shape index (κ3) is 66.9. The summed E-state index contributed by atoms with van der Waals surface area (Å²) >= 11 is 0. The first kappa shape index (κ1) is 78.1. The number of carbonyl (C=O) groups excluding carboxylic acids is 3. The number of hydrogen-bond acceptors (Lipinski definition) is 6. The van der Waals surface area contributed by atoms with E-state index in [4.69, 9.17) is 14.2 Å². The van der Waals surface area contributed by atoms with E-state index in [-0.39, 0.29) is 31.1 Å². The van der Waals surface area contributed by atoms with Crippen LogP contribution in [0.3, 0.4) is 0 Å². The summed E-state index contributed by atoms with van der Waals surface area (Å²) in [5, 5.41) is 0. The molecule has 0 bridgehead atoms. The van der Waals surface area contributed by atoms with Gasteiger partial charge in [-0.1, -0.05) is 323 Å². The van der Waals surface area contributed by atoms with Crippen molar-refractivity contribution in [2.45, 2.75) is 341 Å². The minimum Gasteiger partial charge on any atom is -0.462 e. The first-order chi connectivity index (χ1) is 40.5. The van der Waals surface area contributed by atoms with Gasteiger partial charge in [0.2, 0.25) is 0 Å². The highest BCUT2D eigenvalue weighted by Gasteiger charge is 2.19. The summed E-state index contributed by atoms with van der Waals surface area (Å²) in [7, 11) is 0. The first-order valence-corrected chi connectivity index (χ1v) is 34.9. The van der Waals surface area contributed by atoms with Crippen molar-refractivity contribution < 1.29 is 28.6 Å². The Kier molecular flexibility index (Phi) is 66.2. The molecule has 0 rings (SSSR count). The molecule has 0 heterocycles. The topological polar surface area (TPSA) is 78.9 Å². The number of ether oxygens (including phenoxy) is 3. The van der Waals surface area contributed by atoms with Crippen molar-refractivity contribution in [2.24, 2.45) is 0 Å². The molecule has 0 spiro atoms. The van der Waals surface area contributed by atoms with Crippen molar-refractivity contribution >= 4 is 17.9 Å². The van der Waals surface area contributed by atoms with E-state index < -0.39 is 6.10 Å². The third-order valence-corrected chi connectivity index (χ3v) is 15.0. The van der Waals surface area contributed by atoms with Crippen LogP contribution in [-0.4, -0.2) is 37.2 Å². The zero-order chi connectivity index (χ0) is 59.2. The van der Waals surface area contributed by atoms with E-state index in [0.717, 1.165) is 122 Å². The summed E-state index contributed by atoms with van der Waals surface area (Å²) in [5.41, 5.74) is 0. The highest BCUT2D eigenvalue weighted by atomic mass is 16.6. The van der Waals surface area contributed by atoms with Crippen LogP contribution >= 0.6 is 0 Å². The zero-order valence-electron chi connectivity index (χ0n) is 54.0. The molecule has 0 saturated carbocycles. The molecule has 0 aromatic heterocycles. The van der Waals surface area contributed by atoms with E-state index in [1.54, 1.807) is 0 Å². The molecule has 0 aliphatic heterocycles. The SMILES string of the molecule is CC/C=C\C/C=C\C/C=C\C/C=C\C/C=C\CCCCCCCCCCCC(=O)OC(COC(=O)CCCCCCCCCC)COC(=O)CCCCCCCCCCCCCCCCCCCC/C=C\C/C=C\C/C=C\C/C=C\CC. The zero-order valence-corrected chi connectivity index (χ0v) is 54.0. The van der Waals surface area contributed by atoms with Gasteiger partial charge in [0.1, 0.15) is 13.2 Å². The lowest BCUT2D eigenvalue weighted by Gasteiger charge is -2.18. The van der Waals surface area contributed by atoms with Crippen molar-refractivity contribution in [1.82, 2.24) is 0 Å². The quantitative estimate of drug-likeness (QED) is 0.0261. The van der Waals surface area contributed by atoms with E-state index in [2.05, 4.69) is 130 Å². The minimum atomic E-state index is -0.779. The van der Waals surface area contributed by atoms with Crippen LogP contribution in [0.4, 0.5) is 0 Å². The lowest BCUT2D eigenvalue weighted by Crippen LogP contribution is -2.30. The summed E-state index contributed by atoms with van der Waals surface area (Å²) in [6.07, 6.45) is 95.6. The van der Waals surface area contributed by atoms with Gasteiger partial charge in [0.05, 0.1) is 0 Å². The lowest BCUT2D eigenvalue weighted by molar-refractivity contribution is -0.167. The molecule has 0 saturated heterocycles. The summed E-state index contributed by atoms with van der Waals surface area (Å²) < 4.78 is 16.9. The van der Waals surface area contributed by atoms with Crippen molar-refractivity contribution in [2.75, 3.05) is 13.2 Å². The molecule has 0 aliphatic rings. The number of hydrogen-bond donors (Lipinski definition) is 0. The third-order valence-electron chi connectivity index (χ3n) is 15.0. The Morgan fingerprint density at radius 2 is 0.476 bits per heavy atom. The van der Waals surface area contributed by atoms with Crippen LogP contribution in [0.15, 0.2) is 109 Å². The Bertz CT molecular complexity index is 1640. The van der Waals surface area contributed by atoms with Gasteiger partial charge < -0.3 is 14.2 Å². The molecular formula is C76H130O6. The summed E-state index contributed by atoms with van der Waals surface area (Å²) in [5.74, 6) is -0.874. The monoisotopic (exact) mass is 1140 g/mol. The number of allylic oxidation sites excluding steroid dienone is 18. The van der Waals surface area contributed by atoms with Crippen LogP contribution < -0.4 is 0 Å². The fourth-order valence-electron chi connectivity index (χ4n) is 9.88. The number of esters is 3. The second-order valence-electron chi connectivity index (χ2n) is 23.0. The van der Waals surface area contributed by atoms with E-state index >= 15 is 0 Å². The predicted molar refractivity (Wildman–Crippen MR) is 357 cm³/mol. The molecule has 0 N–H and O–H groups in total. The van der Waals surface area contributed by atoms with Gasteiger partial charge in [-0.05, 0) is 103 Å². The molecule has 0 aromatic rings. The van der Waals surface area contributed by atoms with E-state index in [1.165, 1.54) is 173 Å². The molecule has 0 radical (unpaired) electrons. The smallest absolute Gasteiger partial charge is 0.306 e. The van der Waals surface area contributed by atoms with Crippen LogP contribution in [0.25, 0.3) is 0 Å². The standard InChI is InChI=1S/C76H130O6/c1-4-7-10-13-16-19-21-23-25-27-29-31-33-35-36-37-38-39-40-42-43-45-47-49-51-53-55-57-60-63-66-69-75(78)81-72-73(71-80-74(77)68-65-62-59-18-15-12-9-6-3)82-76(79)70-67-64-61-58-56-54-52-50-48-46-44-41-34-32-30-28-26-24-22-20-17-14-11-8-5-2/h7-8,10-11,16-17,19-20,23-26,29-32,41,44,73H,4-6,9,12-15,18,21-22,27-28,33-40,42-43,45-72H2,1-3H3/b10-7-,11-8-,19-16-,20-17-,25-23-,26-24-,31-29-,32-30-,44-41-. The van der Waals surface area contributed by atoms with Gasteiger partial charge in [0, 0.05) is 19.3 Å². The normalized spacial score (nSPS) is 12.8. The Balaban J connectivity index is 4.11. The largest absolute Gasteiger partial charge is 0.462 e. The molecule has 82 heavy (non-hydrogen) atoms. The maximum atomic E-state index is 12.9. The second kappa shape index (κ2) is 69.6. The van der Waals surface area contributed by atoms with Crippen molar-refractivity contribution in [1.29, 1.82) is 0 Å². The fraction of sp³-hybridized carbons (Fsp3) is 0.724. The van der Waals surface area contributed by atoms with Crippen LogP contribution in [0, 0.1) is 0 Å². The van der Waals surface area contributed by atoms with Crippen LogP contribution in [0.1, 0.15) is 335 Å². The average molecular weight is 1140 g/mol. The molecule has 6 nitrogen and oxygen atoms in total. The average Bonchev–Trinajstić information content (AvgIpc) is 3.48. The highest BCUT2D eigenvalue weighted by molar-refractivity contribution is 5.71. The van der Waals surface area contributed by atoms with Gasteiger partial charge in [-0.2, -0.15) is 0 Å². The first-order valence-electron chi connectivity index (χ1n) is 34.9. The molecule has 0 aliphatic carbocycles. The summed E-state index contributed by atoms with van der Waals surface area (Å²) in [6, 6.07) is 0. The minimum absolute atomic E-state index is 0.0768. The van der Waals surface area contributed by atoms with E-state index in [1.807, 2.05) is 0 Å². The van der Waals surface area contributed by atoms with Gasteiger partial charge in [-0.25, -0.2) is 0 Å². The van der Waals surface area contributed by atoms with Gasteiger partial charge in [0.15, 0.2) is 6.10 Å². The maximum absolute atomic E-state index is 12.9. The van der Waals surface area contributed by atoms with Gasteiger partial charge in [-0.15, -0.1) is 0 Å². The molecule has 6 heteroatoms. The van der Waals surface area contributed by atoms with Crippen molar-refractivity contribution in [3.63, 3.8) is 0 Å². The summed E-state index contributed by atoms with van der Waals surface area (Å²) in [6.45, 7) is 6.41. The molecule has 0 fully saturated rings. The number of carbonyl (C=O) groups is 3. The maximum Gasteiger partial charge on any atom is 0.306 e. The van der Waals surface area contributed by atoms with E-state index in [0.29, 0.717) is 19.3 Å².